The van der Waals surface area contributed by atoms with E-state index in [-0.39, 0.29) is 11.3 Å². The normalized spacial score (nSPS) is 17.6. The summed E-state index contributed by atoms with van der Waals surface area (Å²) in [7, 11) is 1.74. The summed E-state index contributed by atoms with van der Waals surface area (Å²) in [5, 5.41) is 2.88. The third-order valence-electron chi connectivity index (χ3n) is 4.95. The smallest absolute Gasteiger partial charge is 0.230 e. The van der Waals surface area contributed by atoms with Crippen LogP contribution in [0.1, 0.15) is 24.0 Å². The molecule has 0 aliphatic carbocycles. The summed E-state index contributed by atoms with van der Waals surface area (Å²) < 4.78 is 0. The predicted molar refractivity (Wildman–Crippen MR) is 93.1 cm³/mol. The number of rotatable bonds is 4. The van der Waals surface area contributed by atoms with Gasteiger partial charge in [0.25, 0.3) is 0 Å². The first-order valence-electron chi connectivity index (χ1n) is 8.28. The second-order valence-corrected chi connectivity index (χ2v) is 6.29. The van der Waals surface area contributed by atoms with Crippen molar-refractivity contribution in [3.8, 4) is 0 Å². The average molecular weight is 308 g/mol. The zero-order valence-corrected chi connectivity index (χ0v) is 13.7. The molecule has 120 valence electrons. The van der Waals surface area contributed by atoms with E-state index in [1.165, 1.54) is 5.56 Å². The van der Waals surface area contributed by atoms with E-state index in [0.29, 0.717) is 0 Å². The van der Waals surface area contributed by atoms with Crippen molar-refractivity contribution in [1.29, 1.82) is 0 Å². The summed E-state index contributed by atoms with van der Waals surface area (Å²) in [4.78, 5) is 15.1. The first-order chi connectivity index (χ1) is 11.2. The highest BCUT2D eigenvalue weighted by Gasteiger charge is 2.42. The molecule has 0 saturated carbocycles. The molecule has 1 amide bonds. The Bertz CT molecular complexity index is 631. The average Bonchev–Trinajstić information content (AvgIpc) is 2.63. The van der Waals surface area contributed by atoms with E-state index >= 15 is 0 Å². The molecule has 2 aromatic rings. The Morgan fingerprint density at radius 2 is 1.57 bits per heavy atom. The van der Waals surface area contributed by atoms with E-state index in [1.54, 1.807) is 7.05 Å². The SMILES string of the molecule is CNC(=O)C1(c2ccccc2)CCN(Cc2ccccc2)CC1. The van der Waals surface area contributed by atoms with Gasteiger partial charge in [-0.15, -0.1) is 0 Å². The number of hydrogen-bond donors (Lipinski definition) is 1. The van der Waals surface area contributed by atoms with Gasteiger partial charge < -0.3 is 5.32 Å². The van der Waals surface area contributed by atoms with E-state index in [0.717, 1.165) is 38.0 Å². The molecule has 3 heteroatoms. The molecule has 1 N–H and O–H groups in total. The third-order valence-corrected chi connectivity index (χ3v) is 4.95. The lowest BCUT2D eigenvalue weighted by Crippen LogP contribution is -2.50. The Kier molecular flexibility index (Phi) is 4.77. The summed E-state index contributed by atoms with van der Waals surface area (Å²) in [6, 6.07) is 20.8. The van der Waals surface area contributed by atoms with E-state index in [1.807, 2.05) is 24.3 Å². The maximum atomic E-state index is 12.6. The monoisotopic (exact) mass is 308 g/mol. The van der Waals surface area contributed by atoms with Crippen LogP contribution in [0.25, 0.3) is 0 Å². The number of benzene rings is 2. The van der Waals surface area contributed by atoms with Gasteiger partial charge in [0.1, 0.15) is 0 Å². The number of likely N-dealkylation sites (tertiary alicyclic amines) is 1. The number of piperidine rings is 1. The van der Waals surface area contributed by atoms with Crippen molar-refractivity contribution in [2.24, 2.45) is 0 Å². The molecule has 0 bridgehead atoms. The molecule has 1 aliphatic rings. The summed E-state index contributed by atoms with van der Waals surface area (Å²) in [6.45, 7) is 2.84. The number of amides is 1. The van der Waals surface area contributed by atoms with Crippen LogP contribution in [0.2, 0.25) is 0 Å². The van der Waals surface area contributed by atoms with Gasteiger partial charge in [0, 0.05) is 13.6 Å². The minimum absolute atomic E-state index is 0.142. The molecular weight excluding hydrogens is 284 g/mol. The maximum absolute atomic E-state index is 12.6. The fourth-order valence-electron chi connectivity index (χ4n) is 3.58. The number of carbonyl (C=O) groups is 1. The first kappa shape index (κ1) is 15.8. The minimum atomic E-state index is -0.386. The van der Waals surface area contributed by atoms with E-state index < -0.39 is 0 Å². The molecule has 0 unspecified atom stereocenters. The summed E-state index contributed by atoms with van der Waals surface area (Å²) in [5.41, 5.74) is 2.08. The van der Waals surface area contributed by atoms with Gasteiger partial charge in [-0.2, -0.15) is 0 Å². The van der Waals surface area contributed by atoms with Crippen molar-refractivity contribution < 1.29 is 4.79 Å². The van der Waals surface area contributed by atoms with Crippen LogP contribution in [0, 0.1) is 0 Å². The molecule has 1 heterocycles. The number of likely N-dealkylation sites (N-methyl/N-ethyl adjacent to an activating group) is 1. The Morgan fingerprint density at radius 3 is 2.13 bits per heavy atom. The predicted octanol–water partition coefficient (Wildman–Crippen LogP) is 2.97. The van der Waals surface area contributed by atoms with E-state index in [9.17, 15) is 4.79 Å². The molecule has 3 nitrogen and oxygen atoms in total. The van der Waals surface area contributed by atoms with Gasteiger partial charge in [-0.25, -0.2) is 0 Å². The Morgan fingerprint density at radius 1 is 1.00 bits per heavy atom. The van der Waals surface area contributed by atoms with Crippen LogP contribution in [-0.4, -0.2) is 30.9 Å². The molecule has 1 fully saturated rings. The molecular formula is C20H24N2O. The van der Waals surface area contributed by atoms with Crippen LogP contribution >= 0.6 is 0 Å². The first-order valence-corrected chi connectivity index (χ1v) is 8.28. The largest absolute Gasteiger partial charge is 0.358 e. The van der Waals surface area contributed by atoms with Gasteiger partial charge in [-0.05, 0) is 37.1 Å². The lowest BCUT2D eigenvalue weighted by atomic mass is 9.72. The van der Waals surface area contributed by atoms with Crippen LogP contribution < -0.4 is 5.32 Å². The molecule has 0 aromatic heterocycles. The third kappa shape index (κ3) is 3.30. The molecule has 23 heavy (non-hydrogen) atoms. The van der Waals surface area contributed by atoms with E-state index in [2.05, 4.69) is 46.6 Å². The maximum Gasteiger partial charge on any atom is 0.230 e. The quantitative estimate of drug-likeness (QED) is 0.942. The second-order valence-electron chi connectivity index (χ2n) is 6.29. The highest BCUT2D eigenvalue weighted by atomic mass is 16.2. The van der Waals surface area contributed by atoms with Gasteiger partial charge in [-0.1, -0.05) is 60.7 Å². The van der Waals surface area contributed by atoms with Crippen molar-refractivity contribution in [1.82, 2.24) is 10.2 Å². The minimum Gasteiger partial charge on any atom is -0.358 e. The zero-order chi connectivity index (χ0) is 16.1. The van der Waals surface area contributed by atoms with Crippen molar-refractivity contribution in [3.63, 3.8) is 0 Å². The van der Waals surface area contributed by atoms with Crippen molar-refractivity contribution >= 4 is 5.91 Å². The van der Waals surface area contributed by atoms with Gasteiger partial charge in [0.2, 0.25) is 5.91 Å². The number of nitrogens with one attached hydrogen (secondary N) is 1. The fraction of sp³-hybridized carbons (Fsp3) is 0.350. The van der Waals surface area contributed by atoms with Gasteiger partial charge in [0.05, 0.1) is 5.41 Å². The topological polar surface area (TPSA) is 32.3 Å². The van der Waals surface area contributed by atoms with Crippen LogP contribution in [-0.2, 0) is 16.8 Å². The van der Waals surface area contributed by atoms with Gasteiger partial charge in [-0.3, -0.25) is 9.69 Å². The van der Waals surface area contributed by atoms with Crippen LogP contribution in [0.5, 0.6) is 0 Å². The molecule has 0 atom stereocenters. The molecule has 0 radical (unpaired) electrons. The van der Waals surface area contributed by atoms with E-state index in [4.69, 9.17) is 0 Å². The molecule has 1 aliphatic heterocycles. The highest BCUT2D eigenvalue weighted by molar-refractivity contribution is 5.88. The number of carbonyl (C=O) groups excluding carboxylic acids is 1. The van der Waals surface area contributed by atoms with Crippen molar-refractivity contribution in [2.75, 3.05) is 20.1 Å². The van der Waals surface area contributed by atoms with Crippen molar-refractivity contribution in [2.45, 2.75) is 24.8 Å². The summed E-state index contributed by atoms with van der Waals surface area (Å²) >= 11 is 0. The second kappa shape index (κ2) is 6.97. The highest BCUT2D eigenvalue weighted by Crippen LogP contribution is 2.36. The fourth-order valence-corrected chi connectivity index (χ4v) is 3.58. The molecule has 1 saturated heterocycles. The Hall–Kier alpha value is -2.13. The lowest BCUT2D eigenvalue weighted by molar-refractivity contribution is -0.128. The van der Waals surface area contributed by atoms with Gasteiger partial charge >= 0.3 is 0 Å². The summed E-state index contributed by atoms with van der Waals surface area (Å²) in [6.07, 6.45) is 1.73. The zero-order valence-electron chi connectivity index (χ0n) is 13.7. The Labute approximate surface area is 138 Å². The standard InChI is InChI=1S/C20H24N2O/c1-21-19(23)20(18-10-6-3-7-11-18)12-14-22(15-13-20)16-17-8-4-2-5-9-17/h2-11H,12-16H2,1H3,(H,21,23). The lowest BCUT2D eigenvalue weighted by Gasteiger charge is -2.40. The van der Waals surface area contributed by atoms with Crippen LogP contribution in [0.15, 0.2) is 60.7 Å². The van der Waals surface area contributed by atoms with Crippen LogP contribution in [0.3, 0.4) is 0 Å². The molecule has 2 aromatic carbocycles. The number of nitrogens with zero attached hydrogens (tertiary/aromatic N) is 1. The van der Waals surface area contributed by atoms with Crippen LogP contribution in [0.4, 0.5) is 0 Å². The summed E-state index contributed by atoms with van der Waals surface area (Å²) in [5.74, 6) is 0.142. The molecule has 3 rings (SSSR count). The Balaban J connectivity index is 1.74. The number of hydrogen-bond acceptors (Lipinski definition) is 2. The van der Waals surface area contributed by atoms with Crippen molar-refractivity contribution in [3.05, 3.63) is 71.8 Å². The van der Waals surface area contributed by atoms with Gasteiger partial charge in [0.15, 0.2) is 0 Å². The molecule has 0 spiro atoms.